The molecule has 0 bridgehead atoms. The number of rotatable bonds is 2. The van der Waals surface area contributed by atoms with Crippen LogP contribution in [-0.4, -0.2) is 6.10 Å². The maximum atomic E-state index is 12.6. The van der Waals surface area contributed by atoms with E-state index in [0.717, 1.165) is 9.40 Å². The molecule has 20 heavy (non-hydrogen) atoms. The Bertz CT molecular complexity index is 852. The Morgan fingerprint density at radius 1 is 1.10 bits per heavy atom. The molecule has 0 saturated carbocycles. The van der Waals surface area contributed by atoms with Crippen molar-refractivity contribution in [2.24, 2.45) is 0 Å². The fraction of sp³-hybridized carbons (Fsp3) is 0.188. The fourth-order valence-corrected chi connectivity index (χ4v) is 3.62. The summed E-state index contributed by atoms with van der Waals surface area (Å²) in [6, 6.07) is 11.3. The highest BCUT2D eigenvalue weighted by Crippen LogP contribution is 2.35. The average Bonchev–Trinajstić information content (AvgIpc) is 2.42. The molecule has 0 N–H and O–H groups in total. The number of halogens is 1. The van der Waals surface area contributed by atoms with Gasteiger partial charge >= 0.3 is 0 Å². The lowest BCUT2D eigenvalue weighted by atomic mass is 10.2. The number of ether oxygens (including phenoxy) is 1. The molecular formula is C16H13ClO2S. The zero-order chi connectivity index (χ0) is 14.3. The van der Waals surface area contributed by atoms with Gasteiger partial charge in [-0.1, -0.05) is 23.7 Å². The number of benzene rings is 2. The van der Waals surface area contributed by atoms with E-state index in [0.29, 0.717) is 21.5 Å². The van der Waals surface area contributed by atoms with Crippen LogP contribution < -0.4 is 10.2 Å². The van der Waals surface area contributed by atoms with Crippen LogP contribution in [0.4, 0.5) is 0 Å². The highest BCUT2D eigenvalue weighted by molar-refractivity contribution is 7.24. The topological polar surface area (TPSA) is 26.3 Å². The predicted molar refractivity (Wildman–Crippen MR) is 86.4 cm³/mol. The normalized spacial score (nSPS) is 11.4. The lowest BCUT2D eigenvalue weighted by molar-refractivity contribution is 0.243. The van der Waals surface area contributed by atoms with Gasteiger partial charge in [-0.05, 0) is 38.1 Å². The quantitative estimate of drug-likeness (QED) is 0.632. The molecular weight excluding hydrogens is 292 g/mol. The first-order valence-electron chi connectivity index (χ1n) is 6.38. The summed E-state index contributed by atoms with van der Waals surface area (Å²) >= 11 is 7.94. The molecule has 3 rings (SSSR count). The van der Waals surface area contributed by atoms with Crippen LogP contribution in [0, 0.1) is 0 Å². The van der Waals surface area contributed by atoms with Gasteiger partial charge in [-0.2, -0.15) is 0 Å². The van der Waals surface area contributed by atoms with Crippen molar-refractivity contribution in [2.45, 2.75) is 20.0 Å². The van der Waals surface area contributed by atoms with E-state index >= 15 is 0 Å². The Labute approximate surface area is 125 Å². The van der Waals surface area contributed by atoms with Crippen LogP contribution in [0.15, 0.2) is 41.2 Å². The third kappa shape index (κ3) is 2.17. The lowest BCUT2D eigenvalue weighted by Crippen LogP contribution is -2.07. The van der Waals surface area contributed by atoms with E-state index in [2.05, 4.69) is 0 Å². The maximum Gasteiger partial charge on any atom is 0.197 e. The van der Waals surface area contributed by atoms with E-state index < -0.39 is 0 Å². The lowest BCUT2D eigenvalue weighted by Gasteiger charge is -2.12. The van der Waals surface area contributed by atoms with E-state index in [9.17, 15) is 4.79 Å². The molecule has 3 aromatic rings. The molecule has 1 aromatic heterocycles. The van der Waals surface area contributed by atoms with Crippen LogP contribution in [0.5, 0.6) is 5.75 Å². The first-order chi connectivity index (χ1) is 9.58. The molecule has 0 unspecified atom stereocenters. The second kappa shape index (κ2) is 5.08. The van der Waals surface area contributed by atoms with Gasteiger partial charge in [0.05, 0.1) is 16.5 Å². The zero-order valence-corrected chi connectivity index (χ0v) is 12.7. The third-order valence-corrected chi connectivity index (χ3v) is 4.52. The minimum atomic E-state index is -0.0337. The molecule has 0 fully saturated rings. The summed E-state index contributed by atoms with van der Waals surface area (Å²) in [7, 11) is 0. The Morgan fingerprint density at radius 3 is 2.60 bits per heavy atom. The first kappa shape index (κ1) is 13.4. The summed E-state index contributed by atoms with van der Waals surface area (Å²) < 4.78 is 7.51. The molecule has 0 aliphatic heterocycles. The molecule has 0 radical (unpaired) electrons. The van der Waals surface area contributed by atoms with Gasteiger partial charge in [0.1, 0.15) is 5.75 Å². The SMILES string of the molecule is CC(C)Oc1ccc2sc3ccccc3c(=O)c2c1Cl. The number of hydrogen-bond donors (Lipinski definition) is 0. The minimum absolute atomic E-state index is 0.0178. The fourth-order valence-electron chi connectivity index (χ4n) is 2.18. The van der Waals surface area contributed by atoms with E-state index in [1.54, 1.807) is 11.3 Å². The summed E-state index contributed by atoms with van der Waals surface area (Å²) in [5.74, 6) is 0.564. The summed E-state index contributed by atoms with van der Waals surface area (Å²) in [6.07, 6.45) is 0.0178. The molecule has 2 nitrogen and oxygen atoms in total. The van der Waals surface area contributed by atoms with Crippen molar-refractivity contribution >= 4 is 43.1 Å². The molecule has 0 spiro atoms. The van der Waals surface area contributed by atoms with Crippen LogP contribution in [0.1, 0.15) is 13.8 Å². The van der Waals surface area contributed by atoms with Gasteiger partial charge < -0.3 is 4.74 Å². The van der Waals surface area contributed by atoms with Gasteiger partial charge in [-0.25, -0.2) is 0 Å². The second-order valence-corrected chi connectivity index (χ2v) is 6.31. The van der Waals surface area contributed by atoms with Crippen molar-refractivity contribution in [3.05, 3.63) is 51.6 Å². The van der Waals surface area contributed by atoms with E-state index in [4.69, 9.17) is 16.3 Å². The van der Waals surface area contributed by atoms with Crippen LogP contribution >= 0.6 is 22.9 Å². The Balaban J connectivity index is 2.39. The highest BCUT2D eigenvalue weighted by atomic mass is 35.5. The Hall–Kier alpha value is -1.58. The molecule has 2 aromatic carbocycles. The smallest absolute Gasteiger partial charge is 0.197 e. The molecule has 0 saturated heterocycles. The van der Waals surface area contributed by atoms with Gasteiger partial charge in [0, 0.05) is 14.8 Å². The van der Waals surface area contributed by atoms with Crippen molar-refractivity contribution < 1.29 is 4.74 Å². The monoisotopic (exact) mass is 304 g/mol. The molecule has 4 heteroatoms. The first-order valence-corrected chi connectivity index (χ1v) is 7.58. The maximum absolute atomic E-state index is 12.6. The molecule has 0 atom stereocenters. The van der Waals surface area contributed by atoms with E-state index in [1.807, 2.05) is 50.2 Å². The van der Waals surface area contributed by atoms with Crippen LogP contribution in [-0.2, 0) is 0 Å². The number of fused-ring (bicyclic) bond motifs is 2. The second-order valence-electron chi connectivity index (χ2n) is 4.84. The largest absolute Gasteiger partial charge is 0.489 e. The summed E-state index contributed by atoms with van der Waals surface area (Å²) in [4.78, 5) is 12.6. The van der Waals surface area contributed by atoms with Gasteiger partial charge in [0.25, 0.3) is 0 Å². The van der Waals surface area contributed by atoms with Crippen molar-refractivity contribution in [1.82, 2.24) is 0 Å². The van der Waals surface area contributed by atoms with Crippen LogP contribution in [0.25, 0.3) is 20.2 Å². The summed E-state index contributed by atoms with van der Waals surface area (Å²) in [6.45, 7) is 3.86. The predicted octanol–water partition coefficient (Wildman–Crippen LogP) is 4.86. The van der Waals surface area contributed by atoms with Crippen molar-refractivity contribution in [2.75, 3.05) is 0 Å². The highest BCUT2D eigenvalue weighted by Gasteiger charge is 2.13. The minimum Gasteiger partial charge on any atom is -0.489 e. The van der Waals surface area contributed by atoms with Crippen molar-refractivity contribution in [1.29, 1.82) is 0 Å². The van der Waals surface area contributed by atoms with Gasteiger partial charge in [0.2, 0.25) is 0 Å². The van der Waals surface area contributed by atoms with Crippen molar-refractivity contribution in [3.63, 3.8) is 0 Å². The van der Waals surface area contributed by atoms with Crippen molar-refractivity contribution in [3.8, 4) is 5.75 Å². The molecule has 0 aliphatic carbocycles. The number of hydrogen-bond acceptors (Lipinski definition) is 3. The standard InChI is InChI=1S/C16H13ClO2S/c1-9(2)19-11-7-8-13-14(15(11)17)16(18)10-5-3-4-6-12(10)20-13/h3-9H,1-2H3. The Morgan fingerprint density at radius 2 is 1.85 bits per heavy atom. The average molecular weight is 305 g/mol. The van der Waals surface area contributed by atoms with Gasteiger partial charge in [-0.3, -0.25) is 4.79 Å². The molecule has 0 aliphatic rings. The zero-order valence-electron chi connectivity index (χ0n) is 11.1. The van der Waals surface area contributed by atoms with Gasteiger partial charge in [-0.15, -0.1) is 11.3 Å². The van der Waals surface area contributed by atoms with E-state index in [-0.39, 0.29) is 11.5 Å². The van der Waals surface area contributed by atoms with Crippen LogP contribution in [0.2, 0.25) is 5.02 Å². The summed E-state index contributed by atoms with van der Waals surface area (Å²) in [5, 5.41) is 1.66. The van der Waals surface area contributed by atoms with Crippen LogP contribution in [0.3, 0.4) is 0 Å². The van der Waals surface area contributed by atoms with Gasteiger partial charge in [0.15, 0.2) is 5.43 Å². The van der Waals surface area contributed by atoms with E-state index in [1.165, 1.54) is 0 Å². The summed E-state index contributed by atoms with van der Waals surface area (Å²) in [5.41, 5.74) is -0.0337. The Kier molecular flexibility index (Phi) is 3.40. The molecule has 0 amide bonds. The molecule has 1 heterocycles. The molecule has 102 valence electrons. The third-order valence-electron chi connectivity index (χ3n) is 3.01.